The molecule has 17 heavy (non-hydrogen) atoms. The number of nitrogens with zero attached hydrogens (tertiary/aromatic N) is 1. The Bertz CT molecular complexity index is 365. The Hall–Kier alpha value is -0.390. The van der Waals surface area contributed by atoms with Crippen LogP contribution in [0.15, 0.2) is 15.9 Å². The molecule has 0 saturated carbocycles. The van der Waals surface area contributed by atoms with Crippen LogP contribution in [0.5, 0.6) is 0 Å². The smallest absolute Gasteiger partial charge is 0.320 e. The highest BCUT2D eigenvalue weighted by Crippen LogP contribution is 2.21. The Labute approximate surface area is 115 Å². The Morgan fingerprint density at radius 1 is 1.59 bits per heavy atom. The van der Waals surface area contributed by atoms with Crippen molar-refractivity contribution >= 4 is 33.2 Å². The number of ether oxygens (including phenoxy) is 1. The predicted octanol–water partition coefficient (Wildman–Crippen LogP) is 3.28. The summed E-state index contributed by atoms with van der Waals surface area (Å²) in [6.07, 6.45) is 0. The molecule has 0 aliphatic rings. The van der Waals surface area contributed by atoms with Gasteiger partial charge in [-0.3, -0.25) is 9.69 Å². The highest BCUT2D eigenvalue weighted by atomic mass is 79.9. The van der Waals surface area contributed by atoms with Crippen LogP contribution in [0.4, 0.5) is 0 Å². The lowest BCUT2D eigenvalue weighted by Gasteiger charge is -2.24. The summed E-state index contributed by atoms with van der Waals surface area (Å²) in [6, 6.07) is 2.41. The molecule has 1 rings (SSSR count). The molecule has 0 aromatic carbocycles. The van der Waals surface area contributed by atoms with Gasteiger partial charge >= 0.3 is 5.97 Å². The fraction of sp³-hybridized carbons (Fsp3) is 0.583. The van der Waals surface area contributed by atoms with Crippen molar-refractivity contribution in [3.05, 3.63) is 20.8 Å². The van der Waals surface area contributed by atoms with Gasteiger partial charge in [0.05, 0.1) is 13.2 Å². The lowest BCUT2D eigenvalue weighted by Crippen LogP contribution is -2.35. The fourth-order valence-corrected chi connectivity index (χ4v) is 2.91. The van der Waals surface area contributed by atoms with E-state index in [1.165, 1.54) is 4.88 Å². The van der Waals surface area contributed by atoms with Crippen LogP contribution in [0.25, 0.3) is 0 Å². The van der Waals surface area contributed by atoms with E-state index in [4.69, 9.17) is 4.74 Å². The van der Waals surface area contributed by atoms with Crippen LogP contribution in [0, 0.1) is 0 Å². The van der Waals surface area contributed by atoms with E-state index in [2.05, 4.69) is 46.1 Å². The minimum Gasteiger partial charge on any atom is -0.465 e. The minimum absolute atomic E-state index is 0.156. The molecule has 0 aliphatic carbocycles. The molecule has 0 atom stereocenters. The lowest BCUT2D eigenvalue weighted by molar-refractivity contribution is -0.145. The third-order valence-corrected chi connectivity index (χ3v) is 4.03. The summed E-state index contributed by atoms with van der Waals surface area (Å²) in [5.41, 5.74) is 0. The first kappa shape index (κ1) is 14.7. The van der Waals surface area contributed by atoms with E-state index in [0.717, 1.165) is 11.0 Å². The van der Waals surface area contributed by atoms with Crippen molar-refractivity contribution in [1.29, 1.82) is 0 Å². The van der Waals surface area contributed by atoms with Crippen molar-refractivity contribution in [1.82, 2.24) is 4.90 Å². The van der Waals surface area contributed by atoms with Gasteiger partial charge in [0, 0.05) is 27.3 Å². The first-order valence-corrected chi connectivity index (χ1v) is 7.32. The van der Waals surface area contributed by atoms with Crippen molar-refractivity contribution < 1.29 is 9.53 Å². The Balaban J connectivity index is 2.57. The van der Waals surface area contributed by atoms with Crippen LogP contribution in [-0.2, 0) is 16.1 Å². The highest BCUT2D eigenvalue weighted by molar-refractivity contribution is 9.10. The summed E-state index contributed by atoms with van der Waals surface area (Å²) in [6.45, 7) is 7.57. The zero-order valence-electron chi connectivity index (χ0n) is 10.4. The maximum Gasteiger partial charge on any atom is 0.320 e. The maximum atomic E-state index is 11.5. The highest BCUT2D eigenvalue weighted by Gasteiger charge is 2.15. The molecule has 0 bridgehead atoms. The van der Waals surface area contributed by atoms with E-state index >= 15 is 0 Å². The molecule has 3 nitrogen and oxygen atoms in total. The second kappa shape index (κ2) is 7.13. The zero-order chi connectivity index (χ0) is 12.8. The second-order valence-corrected chi connectivity index (χ2v) is 5.95. The number of carbonyl (C=O) groups is 1. The molecule has 0 radical (unpaired) electrons. The molecular formula is C12H18BrNO2S. The third-order valence-electron chi connectivity index (χ3n) is 2.35. The number of rotatable bonds is 6. The standard InChI is InChI=1S/C12H18BrNO2S/c1-4-16-12(15)7-14(9(2)3)6-11-5-10(13)8-17-11/h5,8-9H,4,6-7H2,1-3H3. The van der Waals surface area contributed by atoms with Crippen LogP contribution in [0.3, 0.4) is 0 Å². The molecule has 1 aromatic heterocycles. The minimum atomic E-state index is -0.156. The van der Waals surface area contributed by atoms with Gasteiger partial charge in [-0.2, -0.15) is 0 Å². The average Bonchev–Trinajstić information content (AvgIpc) is 2.63. The topological polar surface area (TPSA) is 29.5 Å². The zero-order valence-corrected chi connectivity index (χ0v) is 12.8. The van der Waals surface area contributed by atoms with Gasteiger partial charge in [-0.05, 0) is 42.8 Å². The van der Waals surface area contributed by atoms with Crippen LogP contribution in [0.2, 0.25) is 0 Å². The van der Waals surface area contributed by atoms with E-state index in [9.17, 15) is 4.79 Å². The van der Waals surface area contributed by atoms with Gasteiger partial charge in [0.15, 0.2) is 0 Å². The largest absolute Gasteiger partial charge is 0.465 e. The fourth-order valence-electron chi connectivity index (χ4n) is 1.43. The molecule has 1 heterocycles. The number of thiophene rings is 1. The predicted molar refractivity (Wildman–Crippen MR) is 74.2 cm³/mol. The number of hydrogen-bond donors (Lipinski definition) is 0. The van der Waals surface area contributed by atoms with E-state index in [1.54, 1.807) is 11.3 Å². The van der Waals surface area contributed by atoms with E-state index in [0.29, 0.717) is 19.2 Å². The molecule has 0 saturated heterocycles. The van der Waals surface area contributed by atoms with Gasteiger partial charge < -0.3 is 4.74 Å². The van der Waals surface area contributed by atoms with Gasteiger partial charge in [0.2, 0.25) is 0 Å². The van der Waals surface area contributed by atoms with Crippen LogP contribution >= 0.6 is 27.3 Å². The second-order valence-electron chi connectivity index (χ2n) is 4.03. The number of hydrogen-bond acceptors (Lipinski definition) is 4. The van der Waals surface area contributed by atoms with Crippen molar-refractivity contribution in [3.63, 3.8) is 0 Å². The van der Waals surface area contributed by atoms with Gasteiger partial charge in [0.25, 0.3) is 0 Å². The van der Waals surface area contributed by atoms with Crippen LogP contribution in [0.1, 0.15) is 25.6 Å². The normalized spacial score (nSPS) is 11.2. The molecule has 0 aliphatic heterocycles. The molecule has 96 valence electrons. The van der Waals surface area contributed by atoms with Gasteiger partial charge in [-0.15, -0.1) is 11.3 Å². The molecule has 0 amide bonds. The quantitative estimate of drug-likeness (QED) is 0.753. The van der Waals surface area contributed by atoms with Gasteiger partial charge in [-0.25, -0.2) is 0 Å². The number of esters is 1. The SMILES string of the molecule is CCOC(=O)CN(Cc1cc(Br)cs1)C(C)C. The summed E-state index contributed by atoms with van der Waals surface area (Å²) in [4.78, 5) is 14.8. The number of carbonyl (C=O) groups excluding carboxylic acids is 1. The monoisotopic (exact) mass is 319 g/mol. The summed E-state index contributed by atoms with van der Waals surface area (Å²) in [7, 11) is 0. The van der Waals surface area contributed by atoms with Crippen LogP contribution < -0.4 is 0 Å². The molecule has 0 fully saturated rings. The molecule has 1 aromatic rings. The van der Waals surface area contributed by atoms with Crippen molar-refractivity contribution in [3.8, 4) is 0 Å². The molecule has 0 N–H and O–H groups in total. The van der Waals surface area contributed by atoms with Crippen molar-refractivity contribution in [2.24, 2.45) is 0 Å². The van der Waals surface area contributed by atoms with Gasteiger partial charge in [0.1, 0.15) is 0 Å². The molecular weight excluding hydrogens is 302 g/mol. The first-order chi connectivity index (χ1) is 8.02. The van der Waals surface area contributed by atoms with E-state index < -0.39 is 0 Å². The van der Waals surface area contributed by atoms with Crippen molar-refractivity contribution in [2.75, 3.05) is 13.2 Å². The average molecular weight is 320 g/mol. The van der Waals surface area contributed by atoms with Crippen molar-refractivity contribution in [2.45, 2.75) is 33.4 Å². The lowest BCUT2D eigenvalue weighted by atomic mass is 10.3. The van der Waals surface area contributed by atoms with E-state index in [1.807, 2.05) is 6.92 Å². The summed E-state index contributed by atoms with van der Waals surface area (Å²) >= 11 is 5.13. The maximum absolute atomic E-state index is 11.5. The Morgan fingerprint density at radius 2 is 2.29 bits per heavy atom. The number of halogens is 1. The van der Waals surface area contributed by atoms with E-state index in [-0.39, 0.29) is 5.97 Å². The Morgan fingerprint density at radius 3 is 2.76 bits per heavy atom. The molecule has 0 spiro atoms. The first-order valence-electron chi connectivity index (χ1n) is 5.65. The van der Waals surface area contributed by atoms with Gasteiger partial charge in [-0.1, -0.05) is 0 Å². The summed E-state index contributed by atoms with van der Waals surface area (Å²) in [5, 5.41) is 2.05. The summed E-state index contributed by atoms with van der Waals surface area (Å²) < 4.78 is 6.07. The molecule has 0 unspecified atom stereocenters. The third kappa shape index (κ3) is 5.19. The van der Waals surface area contributed by atoms with Crippen LogP contribution in [-0.4, -0.2) is 30.1 Å². The summed E-state index contributed by atoms with van der Waals surface area (Å²) in [5.74, 6) is -0.156. The molecule has 5 heteroatoms. The Kier molecular flexibility index (Phi) is 6.16.